The van der Waals surface area contributed by atoms with Crippen molar-refractivity contribution in [2.45, 2.75) is 0 Å². The van der Waals surface area contributed by atoms with Gasteiger partial charge in [-0.3, -0.25) is 0 Å². The van der Waals surface area contributed by atoms with Crippen molar-refractivity contribution in [3.05, 3.63) is 91.5 Å². The van der Waals surface area contributed by atoms with Crippen LogP contribution in [0.4, 0.5) is 0 Å². The lowest BCUT2D eigenvalue weighted by Gasteiger charge is -2.00. The number of rotatable bonds is 6. The highest BCUT2D eigenvalue weighted by molar-refractivity contribution is 5.36. The summed E-state index contributed by atoms with van der Waals surface area (Å²) in [4.78, 5) is 0. The van der Waals surface area contributed by atoms with Crippen molar-refractivity contribution >= 4 is 0 Å². The van der Waals surface area contributed by atoms with E-state index in [4.69, 9.17) is 28.8 Å². The molecule has 2 aromatic heterocycles. The number of benzene rings is 2. The molecule has 140 valence electrons. The van der Waals surface area contributed by atoms with Gasteiger partial charge in [-0.05, 0) is 48.5 Å². The van der Waals surface area contributed by atoms with Gasteiger partial charge in [0.25, 0.3) is 11.9 Å². The van der Waals surface area contributed by atoms with Crippen LogP contribution in [-0.2, 0) is 0 Å². The molecule has 0 aliphatic heterocycles. The molecule has 0 saturated carbocycles. The van der Waals surface area contributed by atoms with E-state index in [1.54, 1.807) is 60.7 Å². The average Bonchev–Trinajstić information content (AvgIpc) is 3.38. The molecule has 4 aromatic rings. The van der Waals surface area contributed by atoms with E-state index in [0.717, 1.165) is 7.53 Å². The van der Waals surface area contributed by atoms with Gasteiger partial charge in [0.05, 0.1) is 23.3 Å². The number of nitrogens with zero attached hydrogens (tertiary/aromatic N) is 2. The van der Waals surface area contributed by atoms with Crippen molar-refractivity contribution in [1.82, 2.24) is 0 Å². The summed E-state index contributed by atoms with van der Waals surface area (Å²) in [5.74, 6) is 1.95. The molecule has 0 aliphatic carbocycles. The fourth-order valence-electron chi connectivity index (χ4n) is 2.33. The van der Waals surface area contributed by atoms with Gasteiger partial charge in [0.2, 0.25) is 0 Å². The number of halogens is 1. The molecule has 0 saturated heterocycles. The number of ether oxygens (including phenoxy) is 2. The van der Waals surface area contributed by atoms with Crippen LogP contribution in [0.1, 0.15) is 11.1 Å². The first-order valence-corrected chi connectivity index (χ1v) is 10.6. The first-order chi connectivity index (χ1) is 14.2. The molecule has 0 atom stereocenters. The van der Waals surface area contributed by atoms with Gasteiger partial charge in [-0.25, -0.2) is 0 Å². The van der Waals surface area contributed by atoms with Crippen LogP contribution in [0.25, 0.3) is 0 Å². The van der Waals surface area contributed by atoms with Crippen LogP contribution < -0.4 is 30.7 Å². The smallest absolute Gasteiger partial charge is 0.426 e. The van der Waals surface area contributed by atoms with E-state index in [1.165, 1.54) is 0 Å². The number of hydrogen-bond acceptors (Lipinski definition) is 6. The van der Waals surface area contributed by atoms with Crippen molar-refractivity contribution in [2.24, 2.45) is 0 Å². The Morgan fingerprint density at radius 2 is 1.00 bits per heavy atom. The van der Waals surface area contributed by atoms with E-state index < -0.39 is 21.2 Å². The third kappa shape index (κ3) is 4.78. The van der Waals surface area contributed by atoms with Gasteiger partial charge in [0, 0.05) is 24.3 Å². The van der Waals surface area contributed by atoms with E-state index in [9.17, 15) is 0 Å². The topological polar surface area (TPSA) is 92.3 Å². The molecule has 0 bridgehead atoms. The molecule has 2 aromatic carbocycles. The Morgan fingerprint density at radius 1 is 0.586 bits per heavy atom. The molecule has 0 aliphatic rings. The first-order valence-electron chi connectivity index (χ1n) is 8.42. The predicted molar refractivity (Wildman–Crippen MR) is 97.3 cm³/mol. The van der Waals surface area contributed by atoms with Gasteiger partial charge in [-0.1, -0.05) is 0 Å². The summed E-state index contributed by atoms with van der Waals surface area (Å²) in [6.45, 7) is 0. The Morgan fingerprint density at radius 3 is 1.38 bits per heavy atom. The lowest BCUT2D eigenvalue weighted by atomic mass is 10.2. The highest BCUT2D eigenvalue weighted by Crippen LogP contribution is 2.23. The summed E-state index contributed by atoms with van der Waals surface area (Å²) in [7, 11) is 0. The summed E-state index contributed by atoms with van der Waals surface area (Å²) in [6.07, 6.45) is 0. The minimum atomic E-state index is -0.678. The Labute approximate surface area is 176 Å². The Kier molecular flexibility index (Phi) is 5.50. The van der Waals surface area contributed by atoms with Crippen molar-refractivity contribution < 1.29 is 39.5 Å². The Balaban J connectivity index is 1.37. The molecule has 0 N–H and O–H groups in total. The summed E-state index contributed by atoms with van der Waals surface area (Å²) >= 11 is -0.678. The molecule has 0 radical (unpaired) electrons. The van der Waals surface area contributed by atoms with Crippen molar-refractivity contribution in [3.63, 3.8) is 0 Å². The maximum Gasteiger partial charge on any atom is 0.443 e. The second-order valence-electron chi connectivity index (χ2n) is 5.69. The molecule has 29 heavy (non-hydrogen) atoms. The van der Waals surface area contributed by atoms with Crippen LogP contribution in [0.2, 0.25) is 0 Å². The van der Waals surface area contributed by atoms with E-state index >= 15 is 0 Å². The first kappa shape index (κ1) is 18.7. The van der Waals surface area contributed by atoms with Gasteiger partial charge >= 0.3 is 28.7 Å². The number of hydrogen-bond donors (Lipinski definition) is 0. The third-order valence-corrected chi connectivity index (χ3v) is 5.91. The summed E-state index contributed by atoms with van der Waals surface area (Å²) in [6, 6.07) is 25.0. The van der Waals surface area contributed by atoms with Gasteiger partial charge in [0.15, 0.2) is 0 Å². The van der Waals surface area contributed by atoms with Crippen LogP contribution in [0.15, 0.2) is 81.6 Å². The zero-order chi connectivity index (χ0) is 20.1. The highest BCUT2D eigenvalue weighted by Gasteiger charge is 2.25. The van der Waals surface area contributed by atoms with Crippen LogP contribution in [0, 0.1) is 30.2 Å². The average molecular weight is 495 g/mol. The molecule has 0 fully saturated rings. The predicted octanol–water partition coefficient (Wildman–Crippen LogP) is 2.33. The second kappa shape index (κ2) is 8.55. The normalized spacial score (nSPS) is 10.1. The lowest BCUT2D eigenvalue weighted by Crippen LogP contribution is -3.61. The fraction of sp³-hybridized carbons (Fsp3) is 0. The molecular formula is C22H12IN2O4+. The van der Waals surface area contributed by atoms with Gasteiger partial charge in [-0.2, -0.15) is 10.5 Å². The largest absolute Gasteiger partial charge is 0.443 e. The third-order valence-electron chi connectivity index (χ3n) is 3.69. The minimum absolute atomic E-state index is 0.380. The van der Waals surface area contributed by atoms with Crippen LogP contribution in [0.5, 0.6) is 23.4 Å². The molecule has 0 spiro atoms. The van der Waals surface area contributed by atoms with Crippen molar-refractivity contribution in [3.8, 4) is 35.5 Å². The minimum Gasteiger partial charge on any atom is -0.426 e. The van der Waals surface area contributed by atoms with E-state index in [1.807, 2.05) is 12.1 Å². The maximum absolute atomic E-state index is 8.83. The monoisotopic (exact) mass is 495 g/mol. The van der Waals surface area contributed by atoms with Crippen molar-refractivity contribution in [2.75, 3.05) is 0 Å². The van der Waals surface area contributed by atoms with Crippen LogP contribution in [0.3, 0.4) is 0 Å². The highest BCUT2D eigenvalue weighted by atomic mass is 127. The Bertz CT molecular complexity index is 1100. The van der Waals surface area contributed by atoms with E-state index in [-0.39, 0.29) is 0 Å². The zero-order valence-electron chi connectivity index (χ0n) is 14.8. The quantitative estimate of drug-likeness (QED) is 0.382. The Hall–Kier alpha value is -3.69. The lowest BCUT2D eigenvalue weighted by molar-refractivity contribution is -0.636. The molecular weight excluding hydrogens is 483 g/mol. The van der Waals surface area contributed by atoms with Gasteiger partial charge < -0.3 is 18.3 Å². The number of nitriles is 2. The summed E-state index contributed by atoms with van der Waals surface area (Å²) in [5.41, 5.74) is 1.14. The molecule has 7 heteroatoms. The summed E-state index contributed by atoms with van der Waals surface area (Å²) < 4.78 is 24.4. The van der Waals surface area contributed by atoms with Gasteiger partial charge in [0.1, 0.15) is 11.5 Å². The number of furan rings is 2. The summed E-state index contributed by atoms with van der Waals surface area (Å²) in [5, 5.41) is 17.7. The molecule has 2 heterocycles. The molecule has 6 nitrogen and oxygen atoms in total. The zero-order valence-corrected chi connectivity index (χ0v) is 17.0. The van der Waals surface area contributed by atoms with E-state index in [2.05, 4.69) is 12.1 Å². The molecule has 0 amide bonds. The van der Waals surface area contributed by atoms with Crippen molar-refractivity contribution in [1.29, 1.82) is 10.5 Å². The maximum atomic E-state index is 8.83. The second-order valence-corrected chi connectivity index (χ2v) is 8.35. The SMILES string of the molecule is N#Cc1ccc(Oc2ccc([I+]c3ccc(Oc4ccc(C#N)cc4)o3)o2)cc1. The van der Waals surface area contributed by atoms with E-state index in [0.29, 0.717) is 34.5 Å². The molecule has 4 rings (SSSR count). The van der Waals surface area contributed by atoms with Gasteiger partial charge in [-0.15, -0.1) is 0 Å². The molecule has 0 unspecified atom stereocenters. The standard InChI is InChI=1S/C22H12IN2O4/c24-13-15-1-5-17(6-2-15)26-21-11-9-19(28-21)23-20-10-12-22(29-20)27-18-7-3-16(14-25)4-8-18/h1-12H/q+1. The van der Waals surface area contributed by atoms with Crippen LogP contribution in [-0.4, -0.2) is 0 Å². The van der Waals surface area contributed by atoms with Crippen LogP contribution >= 0.6 is 0 Å². The fourth-order valence-corrected chi connectivity index (χ4v) is 4.22.